The highest BCUT2D eigenvalue weighted by molar-refractivity contribution is 8.13. The zero-order valence-electron chi connectivity index (χ0n) is 8.25. The van der Waals surface area contributed by atoms with E-state index in [1.165, 1.54) is 17.1 Å². The van der Waals surface area contributed by atoms with E-state index in [4.69, 9.17) is 10.7 Å². The van der Waals surface area contributed by atoms with Crippen LogP contribution in [-0.2, 0) is 9.05 Å². The largest absolute Gasteiger partial charge is 0.285 e. The van der Waals surface area contributed by atoms with E-state index in [1.807, 2.05) is 0 Å². The number of hydrogen-bond acceptors (Lipinski definition) is 4. The molecule has 0 radical (unpaired) electrons. The van der Waals surface area contributed by atoms with E-state index in [9.17, 15) is 8.42 Å². The molecule has 7 heteroatoms. The summed E-state index contributed by atoms with van der Waals surface area (Å²) >= 11 is 0. The third kappa shape index (κ3) is 3.49. The summed E-state index contributed by atoms with van der Waals surface area (Å²) in [4.78, 5) is -0.0442. The lowest BCUT2D eigenvalue weighted by Crippen LogP contribution is -1.99. The quantitative estimate of drug-likeness (QED) is 0.467. The van der Waals surface area contributed by atoms with Gasteiger partial charge in [-0.2, -0.15) is 0 Å². The second kappa shape index (κ2) is 4.59. The van der Waals surface area contributed by atoms with E-state index in [1.54, 1.807) is 26.2 Å². The molecule has 0 N–H and O–H groups in total. The first kappa shape index (κ1) is 11.9. The minimum absolute atomic E-state index is 0.0442. The Morgan fingerprint density at radius 1 is 1.27 bits per heavy atom. The number of rotatable bonds is 3. The maximum Gasteiger partial charge on any atom is 0.263 e. The molecule has 0 spiro atoms. The van der Waals surface area contributed by atoms with Crippen LogP contribution in [0.1, 0.15) is 0 Å². The van der Waals surface area contributed by atoms with Crippen LogP contribution in [-0.4, -0.2) is 27.5 Å². The van der Waals surface area contributed by atoms with Crippen molar-refractivity contribution in [1.82, 2.24) is 5.01 Å². The van der Waals surface area contributed by atoms with Gasteiger partial charge in [-0.05, 0) is 12.1 Å². The monoisotopic (exact) mass is 247 g/mol. The van der Waals surface area contributed by atoms with Gasteiger partial charge in [-0.15, -0.1) is 5.11 Å². The standard InChI is InChI=1S/C8H10ClN3O2S/c1-12(2)11-10-7-5-3-4-6-8(7)15(9,13)14/h3-6H,1-2H3. The molecule has 1 rings (SSSR count). The minimum Gasteiger partial charge on any atom is -0.285 e. The van der Waals surface area contributed by atoms with Crippen LogP contribution in [0.15, 0.2) is 39.5 Å². The van der Waals surface area contributed by atoms with Crippen molar-refractivity contribution in [2.24, 2.45) is 10.3 Å². The van der Waals surface area contributed by atoms with Crippen molar-refractivity contribution in [1.29, 1.82) is 0 Å². The van der Waals surface area contributed by atoms with Crippen molar-refractivity contribution >= 4 is 25.4 Å². The third-order valence-corrected chi connectivity index (χ3v) is 2.83. The van der Waals surface area contributed by atoms with Crippen LogP contribution in [0.4, 0.5) is 5.69 Å². The fourth-order valence-corrected chi connectivity index (χ4v) is 1.87. The lowest BCUT2D eigenvalue weighted by Gasteiger charge is -2.02. The second-order valence-electron chi connectivity index (χ2n) is 2.94. The van der Waals surface area contributed by atoms with Gasteiger partial charge in [0.05, 0.1) is 0 Å². The molecule has 0 aliphatic heterocycles. The predicted octanol–water partition coefficient (Wildman–Crippen LogP) is 2.17. The molecule has 0 atom stereocenters. The van der Waals surface area contributed by atoms with Gasteiger partial charge in [-0.1, -0.05) is 17.4 Å². The highest BCUT2D eigenvalue weighted by Crippen LogP contribution is 2.26. The number of nitrogens with zero attached hydrogens (tertiary/aromatic N) is 3. The number of hydrogen-bond donors (Lipinski definition) is 0. The summed E-state index contributed by atoms with van der Waals surface area (Å²) in [6.07, 6.45) is 0. The summed E-state index contributed by atoms with van der Waals surface area (Å²) in [6, 6.07) is 6.15. The Morgan fingerprint density at radius 2 is 1.87 bits per heavy atom. The molecule has 0 saturated heterocycles. The van der Waals surface area contributed by atoms with Crippen molar-refractivity contribution in [3.63, 3.8) is 0 Å². The molecule has 1 aromatic carbocycles. The Bertz CT molecular complexity index is 471. The van der Waals surface area contributed by atoms with Gasteiger partial charge in [0.1, 0.15) is 10.6 Å². The molecule has 0 bridgehead atoms. The lowest BCUT2D eigenvalue weighted by molar-refractivity contribution is 0.408. The molecule has 0 heterocycles. The molecule has 0 fully saturated rings. The normalized spacial score (nSPS) is 11.9. The average molecular weight is 248 g/mol. The van der Waals surface area contributed by atoms with Crippen LogP contribution in [0.2, 0.25) is 0 Å². The molecule has 82 valence electrons. The second-order valence-corrected chi connectivity index (χ2v) is 5.48. The molecule has 0 aliphatic rings. The molecule has 0 saturated carbocycles. The first-order chi connectivity index (χ1) is 6.91. The van der Waals surface area contributed by atoms with Crippen LogP contribution < -0.4 is 0 Å². The van der Waals surface area contributed by atoms with E-state index < -0.39 is 9.05 Å². The van der Waals surface area contributed by atoms with Gasteiger partial charge in [0.2, 0.25) is 0 Å². The number of halogens is 1. The molecule has 15 heavy (non-hydrogen) atoms. The highest BCUT2D eigenvalue weighted by atomic mass is 35.7. The summed E-state index contributed by atoms with van der Waals surface area (Å²) in [6.45, 7) is 0. The van der Waals surface area contributed by atoms with Gasteiger partial charge in [0.15, 0.2) is 0 Å². The van der Waals surface area contributed by atoms with Gasteiger partial charge in [0.25, 0.3) is 9.05 Å². The number of benzene rings is 1. The summed E-state index contributed by atoms with van der Waals surface area (Å²) < 4.78 is 22.3. The minimum atomic E-state index is -3.78. The molecule has 0 aromatic heterocycles. The first-order valence-corrected chi connectivity index (χ1v) is 6.35. The summed E-state index contributed by atoms with van der Waals surface area (Å²) in [7, 11) is 4.82. The van der Waals surface area contributed by atoms with Crippen molar-refractivity contribution in [3.05, 3.63) is 24.3 Å². The van der Waals surface area contributed by atoms with Gasteiger partial charge in [0, 0.05) is 24.8 Å². The van der Waals surface area contributed by atoms with E-state index >= 15 is 0 Å². The molecule has 0 unspecified atom stereocenters. The zero-order valence-corrected chi connectivity index (χ0v) is 9.83. The average Bonchev–Trinajstić information content (AvgIpc) is 2.13. The fraction of sp³-hybridized carbons (Fsp3) is 0.250. The Morgan fingerprint density at radius 3 is 2.40 bits per heavy atom. The van der Waals surface area contributed by atoms with Gasteiger partial charge in [-0.3, -0.25) is 5.01 Å². The Labute approximate surface area is 92.8 Å². The maximum atomic E-state index is 11.1. The van der Waals surface area contributed by atoms with Crippen LogP contribution in [0.5, 0.6) is 0 Å². The molecule has 5 nitrogen and oxygen atoms in total. The molecular formula is C8H10ClN3O2S. The summed E-state index contributed by atoms with van der Waals surface area (Å²) in [5, 5.41) is 8.92. The zero-order chi connectivity index (χ0) is 11.5. The molecule has 0 aliphatic carbocycles. The van der Waals surface area contributed by atoms with Gasteiger partial charge in [-0.25, -0.2) is 8.42 Å². The van der Waals surface area contributed by atoms with E-state index in [0.29, 0.717) is 0 Å². The van der Waals surface area contributed by atoms with Crippen molar-refractivity contribution < 1.29 is 8.42 Å². The van der Waals surface area contributed by atoms with Crippen LogP contribution >= 0.6 is 10.7 Å². The predicted molar refractivity (Wildman–Crippen MR) is 57.7 cm³/mol. The summed E-state index contributed by atoms with van der Waals surface area (Å²) in [5.41, 5.74) is 0.223. The van der Waals surface area contributed by atoms with Crippen LogP contribution in [0.25, 0.3) is 0 Å². The van der Waals surface area contributed by atoms with E-state index in [-0.39, 0.29) is 10.6 Å². The molecular weight excluding hydrogens is 238 g/mol. The van der Waals surface area contributed by atoms with Crippen molar-refractivity contribution in [2.45, 2.75) is 4.90 Å². The van der Waals surface area contributed by atoms with E-state index in [0.717, 1.165) is 0 Å². The van der Waals surface area contributed by atoms with Crippen molar-refractivity contribution in [3.8, 4) is 0 Å². The third-order valence-electron chi connectivity index (χ3n) is 1.46. The smallest absolute Gasteiger partial charge is 0.263 e. The first-order valence-electron chi connectivity index (χ1n) is 4.04. The Balaban J connectivity index is 3.19. The topological polar surface area (TPSA) is 62.1 Å². The highest BCUT2D eigenvalue weighted by Gasteiger charge is 2.14. The summed E-state index contributed by atoms with van der Waals surface area (Å²) in [5.74, 6) is 0. The fourth-order valence-electron chi connectivity index (χ4n) is 0.884. The molecule has 0 amide bonds. The van der Waals surface area contributed by atoms with E-state index in [2.05, 4.69) is 10.3 Å². The Kier molecular flexibility index (Phi) is 3.65. The van der Waals surface area contributed by atoms with Crippen molar-refractivity contribution in [2.75, 3.05) is 14.1 Å². The van der Waals surface area contributed by atoms with Crippen LogP contribution in [0, 0.1) is 0 Å². The SMILES string of the molecule is CN(C)N=Nc1ccccc1S(=O)(=O)Cl. The maximum absolute atomic E-state index is 11.1. The molecule has 1 aromatic rings. The Hall–Kier alpha value is -1.14. The van der Waals surface area contributed by atoms with Gasteiger partial charge < -0.3 is 0 Å². The van der Waals surface area contributed by atoms with Crippen LogP contribution in [0.3, 0.4) is 0 Å². The van der Waals surface area contributed by atoms with Gasteiger partial charge >= 0.3 is 0 Å². The lowest BCUT2D eigenvalue weighted by atomic mass is 10.3.